The van der Waals surface area contributed by atoms with Gasteiger partial charge >= 0.3 is 0 Å². The Hall–Kier alpha value is -3.05. The molecule has 0 bridgehead atoms. The fourth-order valence-electron chi connectivity index (χ4n) is 2.94. The van der Waals surface area contributed by atoms with Crippen LogP contribution < -0.4 is 5.32 Å². The van der Waals surface area contributed by atoms with Crippen LogP contribution in [-0.2, 0) is 0 Å². The lowest BCUT2D eigenvalue weighted by Gasteiger charge is -2.16. The SMILES string of the molecule is CCC(C(=N)C(=O)c1cnc(Nc2ccc(C)nc2)c(Cl)c1)c1ccccc1. The van der Waals surface area contributed by atoms with Crippen LogP contribution in [-0.4, -0.2) is 21.5 Å². The zero-order chi connectivity index (χ0) is 20.1. The van der Waals surface area contributed by atoms with Gasteiger partial charge < -0.3 is 10.7 Å². The number of carbonyl (C=O) groups excluding carboxylic acids is 1. The van der Waals surface area contributed by atoms with Gasteiger partial charge in [0, 0.05) is 23.4 Å². The Labute approximate surface area is 169 Å². The molecule has 3 rings (SSSR count). The number of rotatable bonds is 7. The Kier molecular flexibility index (Phi) is 6.16. The topological polar surface area (TPSA) is 78.7 Å². The molecule has 2 N–H and O–H groups in total. The van der Waals surface area contributed by atoms with Crippen LogP contribution in [0.15, 0.2) is 60.9 Å². The number of hydrogen-bond acceptors (Lipinski definition) is 5. The molecule has 2 aromatic heterocycles. The van der Waals surface area contributed by atoms with Crippen molar-refractivity contribution in [2.45, 2.75) is 26.2 Å². The molecular formula is C22H21ClN4O. The summed E-state index contributed by atoms with van der Waals surface area (Å²) in [6, 6.07) is 14.9. The van der Waals surface area contributed by atoms with Crippen molar-refractivity contribution in [1.29, 1.82) is 5.41 Å². The Bertz CT molecular complexity index is 987. The van der Waals surface area contributed by atoms with Gasteiger partial charge in [-0.05, 0) is 37.1 Å². The number of ketones is 1. The fourth-order valence-corrected chi connectivity index (χ4v) is 3.15. The van der Waals surface area contributed by atoms with Crippen LogP contribution in [0.1, 0.15) is 40.9 Å². The first-order valence-corrected chi connectivity index (χ1v) is 9.40. The molecule has 0 spiro atoms. The van der Waals surface area contributed by atoms with Crippen LogP contribution in [0.2, 0.25) is 5.02 Å². The quantitative estimate of drug-likeness (QED) is 0.406. The second-order valence-corrected chi connectivity index (χ2v) is 6.89. The molecule has 0 radical (unpaired) electrons. The van der Waals surface area contributed by atoms with Crippen molar-refractivity contribution in [3.8, 4) is 0 Å². The predicted molar refractivity (Wildman–Crippen MR) is 113 cm³/mol. The highest BCUT2D eigenvalue weighted by Gasteiger charge is 2.23. The van der Waals surface area contributed by atoms with Gasteiger partial charge in [0.2, 0.25) is 5.78 Å². The average Bonchev–Trinajstić information content (AvgIpc) is 2.72. The molecule has 28 heavy (non-hydrogen) atoms. The largest absolute Gasteiger partial charge is 0.338 e. The van der Waals surface area contributed by atoms with Crippen LogP contribution in [0.3, 0.4) is 0 Å². The van der Waals surface area contributed by atoms with Crippen molar-refractivity contribution in [2.24, 2.45) is 0 Å². The number of pyridine rings is 2. The number of nitrogens with zero attached hydrogens (tertiary/aromatic N) is 2. The average molecular weight is 393 g/mol. The molecule has 1 unspecified atom stereocenters. The zero-order valence-corrected chi connectivity index (χ0v) is 16.5. The maximum atomic E-state index is 12.8. The highest BCUT2D eigenvalue weighted by atomic mass is 35.5. The minimum atomic E-state index is -0.367. The molecule has 0 saturated carbocycles. The van der Waals surface area contributed by atoms with E-state index in [1.807, 2.05) is 56.3 Å². The van der Waals surface area contributed by atoms with Crippen LogP contribution in [0.5, 0.6) is 0 Å². The van der Waals surface area contributed by atoms with Gasteiger partial charge in [-0.15, -0.1) is 0 Å². The summed E-state index contributed by atoms with van der Waals surface area (Å²) in [4.78, 5) is 21.3. The van der Waals surface area contributed by atoms with Crippen LogP contribution in [0, 0.1) is 12.3 Å². The first kappa shape index (κ1) is 19.7. The van der Waals surface area contributed by atoms with E-state index in [1.165, 1.54) is 6.20 Å². The number of aromatic nitrogens is 2. The Morgan fingerprint density at radius 1 is 1.14 bits per heavy atom. The van der Waals surface area contributed by atoms with Gasteiger partial charge in [0.25, 0.3) is 0 Å². The monoisotopic (exact) mass is 392 g/mol. The molecule has 1 atom stereocenters. The van der Waals surface area contributed by atoms with Gasteiger partial charge in [-0.25, -0.2) is 4.98 Å². The molecule has 6 heteroatoms. The smallest absolute Gasteiger partial charge is 0.208 e. The van der Waals surface area contributed by atoms with E-state index in [4.69, 9.17) is 17.0 Å². The number of benzene rings is 1. The van der Waals surface area contributed by atoms with E-state index in [2.05, 4.69) is 15.3 Å². The highest BCUT2D eigenvalue weighted by Crippen LogP contribution is 2.26. The van der Waals surface area contributed by atoms with Crippen molar-refractivity contribution >= 4 is 34.6 Å². The van der Waals surface area contributed by atoms with Gasteiger partial charge in [0.1, 0.15) is 5.82 Å². The standard InChI is InChI=1S/C22H21ClN4O/c1-3-18(15-7-5-4-6-8-15)20(24)21(28)16-11-19(23)22(26-12-16)27-17-10-9-14(2)25-13-17/h4-13,18,24H,3H2,1-2H3,(H,26,27). The normalized spacial score (nSPS) is 11.7. The summed E-state index contributed by atoms with van der Waals surface area (Å²) in [5.74, 6) is -0.192. The van der Waals surface area contributed by atoms with Crippen molar-refractivity contribution in [3.63, 3.8) is 0 Å². The summed E-state index contributed by atoms with van der Waals surface area (Å²) in [6.07, 6.45) is 3.80. The van der Waals surface area contributed by atoms with Crippen LogP contribution >= 0.6 is 11.6 Å². The predicted octanol–water partition coefficient (Wildman–Crippen LogP) is 5.58. The number of hydrogen-bond donors (Lipinski definition) is 2. The lowest BCUT2D eigenvalue weighted by Crippen LogP contribution is -2.21. The maximum absolute atomic E-state index is 12.8. The molecule has 142 valence electrons. The molecule has 0 aliphatic heterocycles. The molecule has 3 aromatic rings. The molecule has 0 fully saturated rings. The molecule has 0 amide bonds. The van der Waals surface area contributed by atoms with E-state index < -0.39 is 0 Å². The van der Waals surface area contributed by atoms with Gasteiger partial charge in [0.15, 0.2) is 0 Å². The molecule has 2 heterocycles. The van der Waals surface area contributed by atoms with E-state index in [0.717, 1.165) is 16.9 Å². The minimum Gasteiger partial charge on any atom is -0.338 e. The summed E-state index contributed by atoms with van der Waals surface area (Å²) in [7, 11) is 0. The fraction of sp³-hybridized carbons (Fsp3) is 0.182. The summed E-state index contributed by atoms with van der Waals surface area (Å²) in [6.45, 7) is 3.87. The van der Waals surface area contributed by atoms with Gasteiger partial charge in [0.05, 0.1) is 22.6 Å². The third-order valence-electron chi connectivity index (χ3n) is 4.48. The molecule has 1 aromatic carbocycles. The molecule has 0 aliphatic carbocycles. The molecule has 0 aliphatic rings. The first-order chi connectivity index (χ1) is 13.5. The van der Waals surface area contributed by atoms with E-state index in [-0.39, 0.29) is 17.4 Å². The van der Waals surface area contributed by atoms with Crippen molar-refractivity contribution in [1.82, 2.24) is 9.97 Å². The third kappa shape index (κ3) is 4.43. The molecule has 5 nitrogen and oxygen atoms in total. The summed E-state index contributed by atoms with van der Waals surface area (Å²) >= 11 is 6.32. The van der Waals surface area contributed by atoms with E-state index >= 15 is 0 Å². The van der Waals surface area contributed by atoms with Crippen molar-refractivity contribution in [3.05, 3.63) is 82.8 Å². The number of aryl methyl sites for hydroxylation is 1. The van der Waals surface area contributed by atoms with Gasteiger partial charge in [-0.3, -0.25) is 9.78 Å². The number of halogens is 1. The lowest BCUT2D eigenvalue weighted by atomic mass is 9.88. The third-order valence-corrected chi connectivity index (χ3v) is 4.77. The van der Waals surface area contributed by atoms with E-state index in [1.54, 1.807) is 12.3 Å². The van der Waals surface area contributed by atoms with Crippen LogP contribution in [0.25, 0.3) is 0 Å². The lowest BCUT2D eigenvalue weighted by molar-refractivity contribution is 0.106. The number of anilines is 2. The minimum absolute atomic E-state index is 0.0370. The van der Waals surface area contributed by atoms with E-state index in [0.29, 0.717) is 22.8 Å². The summed E-state index contributed by atoms with van der Waals surface area (Å²) in [5.41, 5.74) is 2.95. The Morgan fingerprint density at radius 3 is 2.50 bits per heavy atom. The highest BCUT2D eigenvalue weighted by molar-refractivity contribution is 6.47. The molecular weight excluding hydrogens is 372 g/mol. The zero-order valence-electron chi connectivity index (χ0n) is 15.7. The van der Waals surface area contributed by atoms with Gasteiger partial charge in [-0.2, -0.15) is 0 Å². The van der Waals surface area contributed by atoms with E-state index in [9.17, 15) is 4.79 Å². The van der Waals surface area contributed by atoms with Crippen LogP contribution in [0.4, 0.5) is 11.5 Å². The summed E-state index contributed by atoms with van der Waals surface area (Å²) < 4.78 is 0. The number of carbonyl (C=O) groups is 1. The molecule has 0 saturated heterocycles. The van der Waals surface area contributed by atoms with Gasteiger partial charge in [-0.1, -0.05) is 48.9 Å². The second kappa shape index (κ2) is 8.76. The Morgan fingerprint density at radius 2 is 1.89 bits per heavy atom. The first-order valence-electron chi connectivity index (χ1n) is 9.03. The Balaban J connectivity index is 1.79. The van der Waals surface area contributed by atoms with Crippen molar-refractivity contribution < 1.29 is 4.79 Å². The van der Waals surface area contributed by atoms with Crippen molar-refractivity contribution in [2.75, 3.05) is 5.32 Å². The number of Topliss-reactive ketones (excluding diaryl/α,β-unsaturated/α-hetero) is 1. The second-order valence-electron chi connectivity index (χ2n) is 6.48. The number of nitrogens with one attached hydrogen (secondary N) is 2. The summed E-state index contributed by atoms with van der Waals surface area (Å²) in [5, 5.41) is 11.8. The maximum Gasteiger partial charge on any atom is 0.208 e.